The number of benzene rings is 1. The van der Waals surface area contributed by atoms with Crippen LogP contribution in [0.2, 0.25) is 0 Å². The van der Waals surface area contributed by atoms with Gasteiger partial charge in [0.2, 0.25) is 5.91 Å². The van der Waals surface area contributed by atoms with Gasteiger partial charge in [-0.25, -0.2) is 4.98 Å². The van der Waals surface area contributed by atoms with Crippen molar-refractivity contribution in [3.8, 4) is 0 Å². The second kappa shape index (κ2) is 7.02. The Balaban J connectivity index is 1.42. The molecule has 1 aliphatic heterocycles. The Kier molecular flexibility index (Phi) is 4.56. The van der Waals surface area contributed by atoms with Crippen LogP contribution in [0.25, 0.3) is 0 Å². The van der Waals surface area contributed by atoms with Crippen molar-refractivity contribution in [1.82, 2.24) is 19.6 Å². The van der Waals surface area contributed by atoms with Crippen molar-refractivity contribution in [2.75, 3.05) is 13.1 Å². The Morgan fingerprint density at radius 2 is 1.93 bits per heavy atom. The second-order valence-corrected chi connectivity index (χ2v) is 7.30. The van der Waals surface area contributed by atoms with E-state index in [1.807, 2.05) is 31.0 Å². The number of hydrogen-bond acceptors (Lipinski definition) is 4. The lowest BCUT2D eigenvalue weighted by Crippen LogP contribution is -2.50. The Hall–Kier alpha value is -2.89. The number of aromatic nitrogens is 3. The van der Waals surface area contributed by atoms with Crippen molar-refractivity contribution in [1.29, 1.82) is 0 Å². The molecule has 1 aliphatic rings. The number of rotatable bonds is 5. The molecular weight excluding hydrogens is 340 g/mol. The first-order valence-corrected chi connectivity index (χ1v) is 9.28. The summed E-state index contributed by atoms with van der Waals surface area (Å²) in [5.74, 6) is 2.21. The van der Waals surface area contributed by atoms with Crippen LogP contribution < -0.4 is 0 Å². The molecule has 140 valence electrons. The molecule has 0 spiro atoms. The van der Waals surface area contributed by atoms with Crippen molar-refractivity contribution in [3.63, 3.8) is 0 Å². The summed E-state index contributed by atoms with van der Waals surface area (Å²) >= 11 is 0. The van der Waals surface area contributed by atoms with Crippen LogP contribution in [0.15, 0.2) is 41.1 Å². The molecule has 0 bridgehead atoms. The number of likely N-dealkylation sites (tertiary alicyclic amines) is 1. The van der Waals surface area contributed by atoms with Crippen LogP contribution in [-0.2, 0) is 17.8 Å². The summed E-state index contributed by atoms with van der Waals surface area (Å²) in [7, 11) is 0. The summed E-state index contributed by atoms with van der Waals surface area (Å²) < 4.78 is 7.42. The Labute approximate surface area is 158 Å². The fourth-order valence-corrected chi connectivity index (χ4v) is 3.64. The molecule has 4 rings (SSSR count). The van der Waals surface area contributed by atoms with Crippen LogP contribution in [0.4, 0.5) is 0 Å². The largest absolute Gasteiger partial charge is 0.361 e. The normalized spacial score (nSPS) is 14.4. The lowest BCUT2D eigenvalue weighted by atomic mass is 9.97. The SMILES string of the molecule is Cc1noc(C)c1CC(=O)N1CC(c2ncc(C)n2Cc2ccccc2)C1. The van der Waals surface area contributed by atoms with Crippen molar-refractivity contribution in [2.45, 2.75) is 39.7 Å². The highest BCUT2D eigenvalue weighted by molar-refractivity contribution is 5.80. The quantitative estimate of drug-likeness (QED) is 0.698. The van der Waals surface area contributed by atoms with Gasteiger partial charge in [-0.1, -0.05) is 35.5 Å². The van der Waals surface area contributed by atoms with Crippen LogP contribution in [0.1, 0.15) is 40.0 Å². The molecule has 0 N–H and O–H groups in total. The highest BCUT2D eigenvalue weighted by atomic mass is 16.5. The molecule has 1 fully saturated rings. The first kappa shape index (κ1) is 17.5. The van der Waals surface area contributed by atoms with Gasteiger partial charge in [0, 0.05) is 37.1 Å². The van der Waals surface area contributed by atoms with E-state index in [1.165, 1.54) is 5.56 Å². The van der Waals surface area contributed by atoms with Gasteiger partial charge >= 0.3 is 0 Å². The molecule has 6 nitrogen and oxygen atoms in total. The van der Waals surface area contributed by atoms with Gasteiger partial charge < -0.3 is 14.0 Å². The average molecular weight is 364 g/mol. The third kappa shape index (κ3) is 3.39. The van der Waals surface area contributed by atoms with Crippen molar-refractivity contribution in [2.24, 2.45) is 0 Å². The third-order valence-electron chi connectivity index (χ3n) is 5.38. The summed E-state index contributed by atoms with van der Waals surface area (Å²) in [5.41, 5.74) is 4.11. The lowest BCUT2D eigenvalue weighted by molar-refractivity contribution is -0.135. The first-order chi connectivity index (χ1) is 13.0. The Bertz CT molecular complexity index is 932. The van der Waals surface area contributed by atoms with E-state index >= 15 is 0 Å². The highest BCUT2D eigenvalue weighted by Gasteiger charge is 2.35. The predicted molar refractivity (Wildman–Crippen MR) is 102 cm³/mol. The van der Waals surface area contributed by atoms with E-state index in [9.17, 15) is 4.79 Å². The van der Waals surface area contributed by atoms with Gasteiger partial charge in [-0.05, 0) is 26.3 Å². The summed E-state index contributed by atoms with van der Waals surface area (Å²) in [6.07, 6.45) is 2.28. The van der Waals surface area contributed by atoms with Crippen LogP contribution in [0.5, 0.6) is 0 Å². The van der Waals surface area contributed by atoms with Gasteiger partial charge in [0.05, 0.1) is 18.0 Å². The van der Waals surface area contributed by atoms with E-state index in [4.69, 9.17) is 4.52 Å². The van der Waals surface area contributed by atoms with Crippen molar-refractivity contribution in [3.05, 3.63) is 70.6 Å². The van der Waals surface area contributed by atoms with Crippen LogP contribution in [0.3, 0.4) is 0 Å². The van der Waals surface area contributed by atoms with E-state index in [0.717, 1.165) is 35.1 Å². The molecule has 3 aromatic rings. The van der Waals surface area contributed by atoms with Crippen molar-refractivity contribution >= 4 is 5.91 Å². The molecule has 0 radical (unpaired) electrons. The molecule has 1 aromatic carbocycles. The fraction of sp³-hybridized carbons (Fsp3) is 0.381. The van der Waals surface area contributed by atoms with Crippen LogP contribution in [0, 0.1) is 20.8 Å². The van der Waals surface area contributed by atoms with Gasteiger partial charge in [-0.15, -0.1) is 0 Å². The zero-order valence-corrected chi connectivity index (χ0v) is 16.0. The zero-order chi connectivity index (χ0) is 19.0. The molecule has 3 heterocycles. The number of carbonyl (C=O) groups excluding carboxylic acids is 1. The molecule has 1 amide bonds. The summed E-state index contributed by atoms with van der Waals surface area (Å²) in [4.78, 5) is 19.1. The number of amides is 1. The molecular formula is C21H24N4O2. The minimum Gasteiger partial charge on any atom is -0.361 e. The number of carbonyl (C=O) groups is 1. The summed E-state index contributed by atoms with van der Waals surface area (Å²) in [6.45, 7) is 8.05. The number of aryl methyl sites for hydroxylation is 3. The Morgan fingerprint density at radius 3 is 2.59 bits per heavy atom. The summed E-state index contributed by atoms with van der Waals surface area (Å²) in [6, 6.07) is 10.4. The topological polar surface area (TPSA) is 64.2 Å². The summed E-state index contributed by atoms with van der Waals surface area (Å²) in [5, 5.41) is 3.93. The lowest BCUT2D eigenvalue weighted by Gasteiger charge is -2.39. The van der Waals surface area contributed by atoms with Crippen LogP contribution >= 0.6 is 0 Å². The third-order valence-corrected chi connectivity index (χ3v) is 5.38. The van der Waals surface area contributed by atoms with Gasteiger partial charge in [0.15, 0.2) is 0 Å². The molecule has 6 heteroatoms. The van der Waals surface area contributed by atoms with Crippen molar-refractivity contribution < 1.29 is 9.32 Å². The molecule has 0 saturated carbocycles. The Morgan fingerprint density at radius 1 is 1.19 bits per heavy atom. The molecule has 2 aromatic heterocycles. The number of hydrogen-bond donors (Lipinski definition) is 0. The average Bonchev–Trinajstić information content (AvgIpc) is 3.12. The minimum absolute atomic E-state index is 0.124. The highest BCUT2D eigenvalue weighted by Crippen LogP contribution is 2.28. The second-order valence-electron chi connectivity index (χ2n) is 7.30. The van der Waals surface area contributed by atoms with E-state index in [0.29, 0.717) is 19.5 Å². The van der Waals surface area contributed by atoms with E-state index < -0.39 is 0 Å². The van der Waals surface area contributed by atoms with Gasteiger partial charge in [-0.2, -0.15) is 0 Å². The maximum atomic E-state index is 12.6. The molecule has 1 saturated heterocycles. The fourth-order valence-electron chi connectivity index (χ4n) is 3.64. The maximum absolute atomic E-state index is 12.6. The first-order valence-electron chi connectivity index (χ1n) is 9.28. The van der Waals surface area contributed by atoms with E-state index in [-0.39, 0.29) is 11.8 Å². The van der Waals surface area contributed by atoms with Gasteiger partial charge in [0.25, 0.3) is 0 Å². The molecule has 0 unspecified atom stereocenters. The maximum Gasteiger partial charge on any atom is 0.227 e. The molecule has 0 atom stereocenters. The smallest absolute Gasteiger partial charge is 0.227 e. The molecule has 0 aliphatic carbocycles. The predicted octanol–water partition coefficient (Wildman–Crippen LogP) is 3.01. The minimum atomic E-state index is 0.124. The number of nitrogens with zero attached hydrogens (tertiary/aromatic N) is 4. The van der Waals surface area contributed by atoms with Gasteiger partial charge in [0.1, 0.15) is 11.6 Å². The van der Waals surface area contributed by atoms with E-state index in [2.05, 4.69) is 45.9 Å². The zero-order valence-electron chi connectivity index (χ0n) is 16.0. The monoisotopic (exact) mass is 364 g/mol. The molecule has 27 heavy (non-hydrogen) atoms. The van der Waals surface area contributed by atoms with Crippen LogP contribution in [-0.4, -0.2) is 38.6 Å². The van der Waals surface area contributed by atoms with E-state index in [1.54, 1.807) is 0 Å². The standard InChI is InChI=1S/C21H24N4O2/c1-14-10-22-21(25(14)11-17-7-5-4-6-8-17)18-12-24(13-18)20(26)9-19-15(2)23-27-16(19)3/h4-8,10,18H,9,11-13H2,1-3H3. The van der Waals surface area contributed by atoms with Gasteiger partial charge in [-0.3, -0.25) is 4.79 Å². The number of imidazole rings is 1.